The highest BCUT2D eigenvalue weighted by atomic mass is 32.2. The van der Waals surface area contributed by atoms with Crippen LogP contribution in [0.2, 0.25) is 0 Å². The van der Waals surface area contributed by atoms with Crippen molar-refractivity contribution >= 4 is 11.8 Å². The summed E-state index contributed by atoms with van der Waals surface area (Å²) in [5.74, 6) is 1.57. The molecule has 0 saturated carbocycles. The average molecular weight is 503 g/mol. The first-order valence-electron chi connectivity index (χ1n) is 11.2. The van der Waals surface area contributed by atoms with Gasteiger partial charge in [-0.3, -0.25) is 0 Å². The summed E-state index contributed by atoms with van der Waals surface area (Å²) in [4.78, 5) is 0. The van der Waals surface area contributed by atoms with Crippen molar-refractivity contribution in [2.24, 2.45) is 0 Å². The molecule has 0 aromatic heterocycles. The van der Waals surface area contributed by atoms with Crippen molar-refractivity contribution in [3.8, 4) is 0 Å². The minimum absolute atomic E-state index is 0.223. The third-order valence-electron chi connectivity index (χ3n) is 5.54. The van der Waals surface area contributed by atoms with E-state index in [1.165, 1.54) is 0 Å². The number of hydrogen-bond donors (Lipinski definition) is 8. The van der Waals surface area contributed by atoms with Gasteiger partial charge in [-0.2, -0.15) is 11.8 Å². The Morgan fingerprint density at radius 1 is 0.788 bits per heavy atom. The number of aliphatic hydroxyl groups excluding tert-OH is 8. The predicted molar refractivity (Wildman–Crippen MR) is 115 cm³/mol. The molecule has 0 spiro atoms. The van der Waals surface area contributed by atoms with Crippen LogP contribution in [0.5, 0.6) is 0 Å². The minimum Gasteiger partial charge on any atom is -0.394 e. The molecule has 2 rings (SSSR count). The lowest BCUT2D eigenvalue weighted by atomic mass is 9.97. The molecule has 2 saturated heterocycles. The summed E-state index contributed by atoms with van der Waals surface area (Å²) in [7, 11) is 0. The van der Waals surface area contributed by atoms with E-state index < -0.39 is 74.6 Å². The number of ether oxygens (including phenoxy) is 4. The van der Waals surface area contributed by atoms with Crippen molar-refractivity contribution in [3.05, 3.63) is 0 Å². The van der Waals surface area contributed by atoms with Gasteiger partial charge in [0.25, 0.3) is 0 Å². The molecule has 0 aromatic carbocycles. The van der Waals surface area contributed by atoms with Crippen molar-refractivity contribution in [2.45, 2.75) is 93.7 Å². The molecule has 7 unspecified atom stereocenters. The molecule has 11 atom stereocenters. The number of unbranched alkanes of at least 4 members (excludes halogenated alkanes) is 2. The zero-order valence-corrected chi connectivity index (χ0v) is 19.4. The van der Waals surface area contributed by atoms with Gasteiger partial charge in [-0.15, -0.1) is 0 Å². The Balaban J connectivity index is 1.93. The fourth-order valence-corrected chi connectivity index (χ4v) is 4.52. The Labute approximate surface area is 197 Å². The van der Waals surface area contributed by atoms with Crippen LogP contribution in [0, 0.1) is 0 Å². The van der Waals surface area contributed by atoms with E-state index in [1.807, 2.05) is 0 Å². The Bertz CT molecular complexity index is 541. The number of thioether (sulfide) groups is 1. The zero-order valence-electron chi connectivity index (χ0n) is 18.6. The monoisotopic (exact) mass is 502 g/mol. The fourth-order valence-electron chi connectivity index (χ4n) is 3.61. The van der Waals surface area contributed by atoms with Crippen LogP contribution >= 0.6 is 11.8 Å². The predicted octanol–water partition coefficient (Wildman–Crippen LogP) is -3.09. The molecular formula is C20H38O12S. The molecule has 0 aliphatic carbocycles. The van der Waals surface area contributed by atoms with Gasteiger partial charge in [0.05, 0.1) is 19.3 Å². The molecule has 12 nitrogen and oxygen atoms in total. The van der Waals surface area contributed by atoms with E-state index >= 15 is 0 Å². The molecule has 0 amide bonds. The molecule has 0 aromatic rings. The van der Waals surface area contributed by atoms with E-state index in [2.05, 4.69) is 0 Å². The molecule has 0 bridgehead atoms. The number of aliphatic hydroxyl groups is 8. The third kappa shape index (κ3) is 8.20. The molecule has 2 heterocycles. The normalized spacial score (nSPS) is 40.6. The number of hydrogen-bond acceptors (Lipinski definition) is 13. The second-order valence-corrected chi connectivity index (χ2v) is 9.51. The standard InChI is InChI=1S/C20H38O12S/c1-10(23)9-33-6-4-2-3-5-29-20-18(16(27)14(25)12(8-22)31-20)32-19-17(28)15(26)13(24)11(7-21)30-19/h10-28H,2-9H2,1H3/t10?,11?,12?,13-,14-,15?,16?,17?,18?,19+,20-/m1/s1. The van der Waals surface area contributed by atoms with Gasteiger partial charge in [-0.25, -0.2) is 0 Å². The SMILES string of the molecule is CC(O)CSCCCCCO[C@@H]1OC(CO)[C@@H](O)C(O)C1O[C@@H]1OC(CO)[C@@H](O)C(O)C1O. The summed E-state index contributed by atoms with van der Waals surface area (Å²) < 4.78 is 22.1. The Kier molecular flexibility index (Phi) is 12.7. The van der Waals surface area contributed by atoms with Crippen LogP contribution in [0.4, 0.5) is 0 Å². The summed E-state index contributed by atoms with van der Waals surface area (Å²) in [6.07, 6.45) is -12.5. The van der Waals surface area contributed by atoms with Crippen LogP contribution in [0.3, 0.4) is 0 Å². The molecule has 33 heavy (non-hydrogen) atoms. The summed E-state index contributed by atoms with van der Waals surface area (Å²) in [6.45, 7) is 0.727. The lowest BCUT2D eigenvalue weighted by Gasteiger charge is -2.45. The second kappa shape index (κ2) is 14.4. The summed E-state index contributed by atoms with van der Waals surface area (Å²) in [5, 5.41) is 78.9. The maximum absolute atomic E-state index is 10.5. The smallest absolute Gasteiger partial charge is 0.187 e. The molecule has 8 N–H and O–H groups in total. The van der Waals surface area contributed by atoms with E-state index in [0.717, 1.165) is 18.6 Å². The van der Waals surface area contributed by atoms with Gasteiger partial charge in [0.2, 0.25) is 0 Å². The van der Waals surface area contributed by atoms with Crippen LogP contribution < -0.4 is 0 Å². The van der Waals surface area contributed by atoms with E-state index in [4.69, 9.17) is 18.9 Å². The maximum Gasteiger partial charge on any atom is 0.187 e. The van der Waals surface area contributed by atoms with Gasteiger partial charge < -0.3 is 59.8 Å². The Morgan fingerprint density at radius 3 is 2.00 bits per heavy atom. The van der Waals surface area contributed by atoms with E-state index in [9.17, 15) is 40.9 Å². The number of rotatable bonds is 13. The van der Waals surface area contributed by atoms with Crippen molar-refractivity contribution < 1.29 is 59.8 Å². The highest BCUT2D eigenvalue weighted by Gasteiger charge is 2.50. The van der Waals surface area contributed by atoms with Gasteiger partial charge in [0.15, 0.2) is 12.6 Å². The summed E-state index contributed by atoms with van der Waals surface area (Å²) in [6, 6.07) is 0. The van der Waals surface area contributed by atoms with Gasteiger partial charge >= 0.3 is 0 Å². The minimum atomic E-state index is -1.71. The summed E-state index contributed by atoms with van der Waals surface area (Å²) >= 11 is 1.66. The van der Waals surface area contributed by atoms with Crippen molar-refractivity contribution in [1.29, 1.82) is 0 Å². The van der Waals surface area contributed by atoms with E-state index in [1.54, 1.807) is 18.7 Å². The highest BCUT2D eigenvalue weighted by molar-refractivity contribution is 7.99. The quantitative estimate of drug-likeness (QED) is 0.118. The van der Waals surface area contributed by atoms with Gasteiger partial charge in [-0.05, 0) is 25.5 Å². The lowest BCUT2D eigenvalue weighted by molar-refractivity contribution is -0.367. The molecule has 13 heteroatoms. The zero-order chi connectivity index (χ0) is 24.5. The first-order chi connectivity index (χ1) is 15.7. The first kappa shape index (κ1) is 29.1. The van der Waals surface area contributed by atoms with Crippen molar-refractivity contribution in [1.82, 2.24) is 0 Å². The third-order valence-corrected chi connectivity index (χ3v) is 6.83. The molecule has 196 valence electrons. The lowest BCUT2D eigenvalue weighted by Crippen LogP contribution is -2.64. The molecule has 2 aliphatic rings. The fraction of sp³-hybridized carbons (Fsp3) is 1.00. The average Bonchev–Trinajstić information content (AvgIpc) is 2.79. The maximum atomic E-state index is 10.5. The van der Waals surface area contributed by atoms with Gasteiger partial charge in [-0.1, -0.05) is 6.42 Å². The van der Waals surface area contributed by atoms with E-state index in [0.29, 0.717) is 12.2 Å². The van der Waals surface area contributed by atoms with Crippen LogP contribution in [-0.4, -0.2) is 140 Å². The van der Waals surface area contributed by atoms with Crippen LogP contribution in [0.15, 0.2) is 0 Å². The van der Waals surface area contributed by atoms with Crippen molar-refractivity contribution in [2.75, 3.05) is 31.3 Å². The van der Waals surface area contributed by atoms with Crippen LogP contribution in [0.1, 0.15) is 26.2 Å². The molecule has 0 radical (unpaired) electrons. The Hall–Kier alpha value is -0.130. The second-order valence-electron chi connectivity index (χ2n) is 8.36. The first-order valence-corrected chi connectivity index (χ1v) is 12.3. The Morgan fingerprint density at radius 2 is 1.39 bits per heavy atom. The van der Waals surface area contributed by atoms with Crippen LogP contribution in [-0.2, 0) is 18.9 Å². The van der Waals surface area contributed by atoms with Gasteiger partial charge in [0, 0.05) is 12.4 Å². The van der Waals surface area contributed by atoms with Crippen LogP contribution in [0.25, 0.3) is 0 Å². The van der Waals surface area contributed by atoms with Crippen molar-refractivity contribution in [3.63, 3.8) is 0 Å². The topological polar surface area (TPSA) is 199 Å². The van der Waals surface area contributed by atoms with E-state index in [-0.39, 0.29) is 12.7 Å². The van der Waals surface area contributed by atoms with Gasteiger partial charge in [0.1, 0.15) is 48.8 Å². The highest BCUT2D eigenvalue weighted by Crippen LogP contribution is 2.29. The summed E-state index contributed by atoms with van der Waals surface area (Å²) in [5.41, 5.74) is 0. The molecule has 2 fully saturated rings. The molecular weight excluding hydrogens is 464 g/mol. The largest absolute Gasteiger partial charge is 0.394 e. The molecule has 2 aliphatic heterocycles.